The summed E-state index contributed by atoms with van der Waals surface area (Å²) in [5.74, 6) is 1.01. The lowest BCUT2D eigenvalue weighted by Gasteiger charge is -2.18. The standard InChI is InChI=1S/C25H30N4O3S2/c1-5-29-22(17-10-8-7-9-16(17)4)27-28-25(29)33-14-20(30)26-23-21(24(31)32-6-2)18-12-11-15(3)13-19(18)34-23/h7-10,15H,5-6,11-14H2,1-4H3,(H,26,30). The van der Waals surface area contributed by atoms with Crippen molar-refractivity contribution in [3.8, 4) is 11.4 Å². The van der Waals surface area contributed by atoms with Crippen LogP contribution in [0.25, 0.3) is 11.4 Å². The number of rotatable bonds is 8. The van der Waals surface area contributed by atoms with Crippen molar-refractivity contribution < 1.29 is 14.3 Å². The number of esters is 1. The lowest BCUT2D eigenvalue weighted by atomic mass is 9.88. The van der Waals surface area contributed by atoms with Crippen LogP contribution in [0.2, 0.25) is 0 Å². The highest BCUT2D eigenvalue weighted by Gasteiger charge is 2.29. The lowest BCUT2D eigenvalue weighted by molar-refractivity contribution is -0.113. The fourth-order valence-electron chi connectivity index (χ4n) is 4.25. The third-order valence-corrected chi connectivity index (χ3v) is 8.13. The van der Waals surface area contributed by atoms with E-state index in [0.29, 0.717) is 34.8 Å². The highest BCUT2D eigenvalue weighted by molar-refractivity contribution is 7.99. The Balaban J connectivity index is 1.50. The second kappa shape index (κ2) is 10.7. The number of fused-ring (bicyclic) bond motifs is 1. The molecule has 0 aliphatic heterocycles. The number of hydrogen-bond donors (Lipinski definition) is 1. The third-order valence-electron chi connectivity index (χ3n) is 6.00. The van der Waals surface area contributed by atoms with Crippen LogP contribution in [0, 0.1) is 12.8 Å². The van der Waals surface area contributed by atoms with Gasteiger partial charge < -0.3 is 14.6 Å². The van der Waals surface area contributed by atoms with Gasteiger partial charge in [0.1, 0.15) is 5.00 Å². The van der Waals surface area contributed by atoms with Crippen molar-refractivity contribution in [1.29, 1.82) is 0 Å². The molecule has 4 rings (SSSR count). The minimum atomic E-state index is -0.355. The number of anilines is 1. The molecule has 1 aliphatic carbocycles. The van der Waals surface area contributed by atoms with Gasteiger partial charge in [-0.1, -0.05) is 43.0 Å². The number of amides is 1. The zero-order chi connectivity index (χ0) is 24.2. The van der Waals surface area contributed by atoms with Crippen LogP contribution < -0.4 is 5.32 Å². The molecule has 1 aromatic carbocycles. The molecule has 0 fully saturated rings. The molecule has 1 atom stereocenters. The molecule has 2 aromatic heterocycles. The summed E-state index contributed by atoms with van der Waals surface area (Å²) in [5.41, 5.74) is 3.73. The molecule has 0 saturated heterocycles. The summed E-state index contributed by atoms with van der Waals surface area (Å²) >= 11 is 2.85. The van der Waals surface area contributed by atoms with E-state index < -0.39 is 0 Å². The molecule has 2 heterocycles. The topological polar surface area (TPSA) is 86.1 Å². The molecule has 0 spiro atoms. The minimum absolute atomic E-state index is 0.174. The van der Waals surface area contributed by atoms with Gasteiger partial charge in [-0.15, -0.1) is 21.5 Å². The maximum absolute atomic E-state index is 12.9. The largest absolute Gasteiger partial charge is 0.462 e. The van der Waals surface area contributed by atoms with Crippen LogP contribution in [0.15, 0.2) is 29.4 Å². The average Bonchev–Trinajstić information content (AvgIpc) is 3.38. The van der Waals surface area contributed by atoms with Gasteiger partial charge in [-0.3, -0.25) is 4.79 Å². The van der Waals surface area contributed by atoms with Gasteiger partial charge in [-0.2, -0.15) is 0 Å². The lowest BCUT2D eigenvalue weighted by Crippen LogP contribution is -2.18. The Hall–Kier alpha value is -2.65. The summed E-state index contributed by atoms with van der Waals surface area (Å²) < 4.78 is 7.33. The SMILES string of the molecule is CCOC(=O)c1c(NC(=O)CSc2nnc(-c3ccccc3C)n2CC)sc2c1CCC(C)C2. The number of nitrogens with zero attached hydrogens (tertiary/aromatic N) is 3. The van der Waals surface area contributed by atoms with Crippen molar-refractivity contribution in [2.75, 3.05) is 17.7 Å². The first-order chi connectivity index (χ1) is 16.4. The van der Waals surface area contributed by atoms with E-state index in [1.54, 1.807) is 6.92 Å². The predicted molar refractivity (Wildman–Crippen MR) is 137 cm³/mol. The number of nitrogens with one attached hydrogen (secondary N) is 1. The number of ether oxygens (including phenoxy) is 1. The number of aryl methyl sites for hydroxylation is 1. The van der Waals surface area contributed by atoms with Gasteiger partial charge in [0.15, 0.2) is 11.0 Å². The number of benzene rings is 1. The summed E-state index contributed by atoms with van der Waals surface area (Å²) in [5, 5.41) is 13.0. The number of carbonyl (C=O) groups excluding carboxylic acids is 2. The Labute approximate surface area is 208 Å². The highest BCUT2D eigenvalue weighted by Crippen LogP contribution is 2.40. The molecular formula is C25H30N4O3S2. The monoisotopic (exact) mass is 498 g/mol. The predicted octanol–water partition coefficient (Wildman–Crippen LogP) is 5.37. The molecule has 0 saturated carbocycles. The fourth-order valence-corrected chi connectivity index (χ4v) is 6.47. The van der Waals surface area contributed by atoms with E-state index in [1.165, 1.54) is 28.0 Å². The number of aromatic nitrogens is 3. The molecule has 180 valence electrons. The minimum Gasteiger partial charge on any atom is -0.462 e. The van der Waals surface area contributed by atoms with Gasteiger partial charge in [-0.05, 0) is 57.1 Å². The Bertz CT molecular complexity index is 1200. The second-order valence-corrected chi connectivity index (χ2v) is 10.5. The smallest absolute Gasteiger partial charge is 0.341 e. The van der Waals surface area contributed by atoms with Crippen LogP contribution >= 0.6 is 23.1 Å². The van der Waals surface area contributed by atoms with E-state index in [2.05, 4.69) is 22.4 Å². The summed E-state index contributed by atoms with van der Waals surface area (Å²) in [4.78, 5) is 26.8. The Kier molecular flexibility index (Phi) is 7.73. The number of thiophene rings is 1. The van der Waals surface area contributed by atoms with Crippen molar-refractivity contribution in [3.05, 3.63) is 45.8 Å². The molecule has 1 unspecified atom stereocenters. The van der Waals surface area contributed by atoms with Crippen molar-refractivity contribution in [2.24, 2.45) is 5.92 Å². The first kappa shape index (κ1) is 24.5. The van der Waals surface area contributed by atoms with Crippen molar-refractivity contribution in [1.82, 2.24) is 14.8 Å². The van der Waals surface area contributed by atoms with Crippen LogP contribution in [0.3, 0.4) is 0 Å². The van der Waals surface area contributed by atoms with Crippen LogP contribution in [0.1, 0.15) is 53.6 Å². The van der Waals surface area contributed by atoms with E-state index in [-0.39, 0.29) is 17.6 Å². The fraction of sp³-hybridized carbons (Fsp3) is 0.440. The van der Waals surface area contributed by atoms with E-state index in [1.807, 2.05) is 42.7 Å². The van der Waals surface area contributed by atoms with Crippen LogP contribution in [0.4, 0.5) is 5.00 Å². The van der Waals surface area contributed by atoms with Crippen LogP contribution in [-0.4, -0.2) is 39.0 Å². The van der Waals surface area contributed by atoms with Crippen LogP contribution in [-0.2, 0) is 28.9 Å². The molecule has 1 amide bonds. The molecular weight excluding hydrogens is 468 g/mol. The van der Waals surface area contributed by atoms with Gasteiger partial charge in [0, 0.05) is 17.0 Å². The maximum Gasteiger partial charge on any atom is 0.341 e. The van der Waals surface area contributed by atoms with Gasteiger partial charge in [-0.25, -0.2) is 4.79 Å². The molecule has 7 nitrogen and oxygen atoms in total. The van der Waals surface area contributed by atoms with Gasteiger partial charge in [0.25, 0.3) is 0 Å². The molecule has 3 aromatic rings. The average molecular weight is 499 g/mol. The number of carbonyl (C=O) groups is 2. The molecule has 1 N–H and O–H groups in total. The zero-order valence-corrected chi connectivity index (χ0v) is 21.6. The quantitative estimate of drug-likeness (QED) is 0.332. The molecule has 1 aliphatic rings. The van der Waals surface area contributed by atoms with Gasteiger partial charge in [0.2, 0.25) is 5.91 Å². The number of hydrogen-bond acceptors (Lipinski definition) is 7. The molecule has 34 heavy (non-hydrogen) atoms. The summed E-state index contributed by atoms with van der Waals surface area (Å²) in [6.45, 7) is 9.10. The molecule has 0 bridgehead atoms. The molecule has 9 heteroatoms. The normalized spacial score (nSPS) is 15.1. The van der Waals surface area contributed by atoms with E-state index >= 15 is 0 Å². The highest BCUT2D eigenvalue weighted by atomic mass is 32.2. The van der Waals surface area contributed by atoms with Crippen molar-refractivity contribution >= 4 is 40.0 Å². The maximum atomic E-state index is 12.9. The first-order valence-corrected chi connectivity index (χ1v) is 13.5. The summed E-state index contributed by atoms with van der Waals surface area (Å²) in [6, 6.07) is 8.06. The van der Waals surface area contributed by atoms with Gasteiger partial charge in [0.05, 0.1) is 17.9 Å². The summed E-state index contributed by atoms with van der Waals surface area (Å²) in [6.07, 6.45) is 2.81. The second-order valence-electron chi connectivity index (χ2n) is 8.48. The van der Waals surface area contributed by atoms with E-state index in [9.17, 15) is 9.59 Å². The number of thioether (sulfide) groups is 1. The van der Waals surface area contributed by atoms with Gasteiger partial charge >= 0.3 is 5.97 Å². The molecule has 0 radical (unpaired) electrons. The first-order valence-electron chi connectivity index (χ1n) is 11.7. The summed E-state index contributed by atoms with van der Waals surface area (Å²) in [7, 11) is 0. The van der Waals surface area contributed by atoms with Crippen LogP contribution in [0.5, 0.6) is 0 Å². The van der Waals surface area contributed by atoms with E-state index in [4.69, 9.17) is 4.74 Å². The zero-order valence-electron chi connectivity index (χ0n) is 20.0. The van der Waals surface area contributed by atoms with Crippen molar-refractivity contribution in [3.63, 3.8) is 0 Å². The van der Waals surface area contributed by atoms with Crippen molar-refractivity contribution in [2.45, 2.75) is 58.7 Å². The Morgan fingerprint density at radius 2 is 2.06 bits per heavy atom. The Morgan fingerprint density at radius 3 is 2.79 bits per heavy atom. The Morgan fingerprint density at radius 1 is 1.26 bits per heavy atom. The third kappa shape index (κ3) is 5.05. The van der Waals surface area contributed by atoms with E-state index in [0.717, 1.165) is 41.8 Å².